The normalized spacial score (nSPS) is 27.9. The van der Waals surface area contributed by atoms with Crippen LogP contribution in [0.4, 0.5) is 0 Å². The van der Waals surface area contributed by atoms with Crippen molar-refractivity contribution in [2.45, 2.75) is 25.6 Å². The number of aromatic nitrogens is 1. The molecule has 0 saturated carbocycles. The first-order chi connectivity index (χ1) is 10.2. The lowest BCUT2D eigenvalue weighted by atomic mass is 10.2. The molecule has 114 valence electrons. The molecule has 3 heterocycles. The van der Waals surface area contributed by atoms with E-state index < -0.39 is 0 Å². The first-order valence-electron chi connectivity index (χ1n) is 7.48. The number of H-pyrrole nitrogens is 1. The van der Waals surface area contributed by atoms with Crippen molar-refractivity contribution in [2.75, 3.05) is 39.4 Å². The summed E-state index contributed by atoms with van der Waals surface area (Å²) in [5.74, 6) is 0. The van der Waals surface area contributed by atoms with Crippen LogP contribution in [-0.4, -0.2) is 71.4 Å². The van der Waals surface area contributed by atoms with Gasteiger partial charge in [-0.3, -0.25) is 9.80 Å². The monoisotopic (exact) mass is 290 g/mol. The van der Waals surface area contributed by atoms with Gasteiger partial charge in [-0.25, -0.2) is 0 Å². The summed E-state index contributed by atoms with van der Waals surface area (Å²) in [6, 6.07) is 4.29. The Morgan fingerprint density at radius 3 is 2.86 bits per heavy atom. The lowest BCUT2D eigenvalue weighted by Crippen LogP contribution is -2.48. The Morgan fingerprint density at radius 1 is 1.43 bits per heavy atom. The minimum Gasteiger partial charge on any atom is -0.390 e. The molecule has 6 heteroatoms. The molecule has 2 aliphatic rings. The van der Waals surface area contributed by atoms with Gasteiger partial charge >= 0.3 is 0 Å². The van der Waals surface area contributed by atoms with Gasteiger partial charge < -0.3 is 14.8 Å². The van der Waals surface area contributed by atoms with E-state index in [4.69, 9.17) is 10.00 Å². The number of aliphatic hydroxyl groups excluding tert-OH is 1. The number of aryl methyl sites for hydroxylation is 1. The first-order valence-corrected chi connectivity index (χ1v) is 7.48. The van der Waals surface area contributed by atoms with E-state index in [1.165, 1.54) is 0 Å². The van der Waals surface area contributed by atoms with Gasteiger partial charge in [0, 0.05) is 50.2 Å². The summed E-state index contributed by atoms with van der Waals surface area (Å²) in [5, 5.41) is 19.3. The van der Waals surface area contributed by atoms with E-state index >= 15 is 0 Å². The number of aromatic amines is 1. The van der Waals surface area contributed by atoms with Gasteiger partial charge in [0.05, 0.1) is 24.9 Å². The number of aliphatic hydroxyl groups is 1. The van der Waals surface area contributed by atoms with E-state index in [1.54, 1.807) is 0 Å². The van der Waals surface area contributed by atoms with Gasteiger partial charge in [0.25, 0.3) is 0 Å². The van der Waals surface area contributed by atoms with Crippen molar-refractivity contribution in [3.05, 3.63) is 23.0 Å². The molecule has 2 aliphatic heterocycles. The van der Waals surface area contributed by atoms with Crippen molar-refractivity contribution in [1.29, 1.82) is 5.26 Å². The van der Waals surface area contributed by atoms with Gasteiger partial charge in [-0.2, -0.15) is 5.26 Å². The molecule has 3 rings (SSSR count). The third kappa shape index (κ3) is 3.11. The molecule has 0 unspecified atom stereocenters. The molecule has 6 nitrogen and oxygen atoms in total. The zero-order valence-electron chi connectivity index (χ0n) is 12.4. The van der Waals surface area contributed by atoms with Crippen LogP contribution in [0.25, 0.3) is 0 Å². The Bertz CT molecular complexity index is 530. The molecule has 1 aromatic heterocycles. The van der Waals surface area contributed by atoms with Gasteiger partial charge in [-0.05, 0) is 13.0 Å². The van der Waals surface area contributed by atoms with Crippen LogP contribution in [0.15, 0.2) is 6.07 Å². The fraction of sp³-hybridized carbons (Fsp3) is 0.667. The molecule has 2 saturated heterocycles. The molecule has 0 amide bonds. The predicted molar refractivity (Wildman–Crippen MR) is 77.7 cm³/mol. The van der Waals surface area contributed by atoms with Crippen LogP contribution in [0.3, 0.4) is 0 Å². The molecule has 0 spiro atoms. The van der Waals surface area contributed by atoms with Crippen LogP contribution in [0.2, 0.25) is 0 Å². The Morgan fingerprint density at radius 2 is 2.19 bits per heavy atom. The largest absolute Gasteiger partial charge is 0.390 e. The van der Waals surface area contributed by atoms with Crippen molar-refractivity contribution < 1.29 is 9.84 Å². The quantitative estimate of drug-likeness (QED) is 0.824. The highest BCUT2D eigenvalue weighted by Crippen LogP contribution is 2.20. The zero-order chi connectivity index (χ0) is 14.8. The first kappa shape index (κ1) is 14.5. The smallest absolute Gasteiger partial charge is 0.101 e. The number of nitriles is 1. The molecule has 0 radical (unpaired) electrons. The second-order valence-electron chi connectivity index (χ2n) is 5.92. The summed E-state index contributed by atoms with van der Waals surface area (Å²) in [5.41, 5.74) is 2.66. The highest BCUT2D eigenvalue weighted by Gasteiger charge is 2.36. The summed E-state index contributed by atoms with van der Waals surface area (Å²) in [7, 11) is 0. The number of ether oxygens (including phenoxy) is 1. The number of nitrogens with one attached hydrogen (secondary N) is 1. The van der Waals surface area contributed by atoms with Crippen LogP contribution in [0.1, 0.15) is 17.0 Å². The minimum atomic E-state index is -0.311. The Labute approximate surface area is 124 Å². The summed E-state index contributed by atoms with van der Waals surface area (Å²) in [6.07, 6.45) is -0.311. The maximum atomic E-state index is 10.3. The van der Waals surface area contributed by atoms with Crippen molar-refractivity contribution in [3.63, 3.8) is 0 Å². The topological polar surface area (TPSA) is 75.5 Å². The van der Waals surface area contributed by atoms with E-state index in [2.05, 4.69) is 20.9 Å². The summed E-state index contributed by atoms with van der Waals surface area (Å²) in [4.78, 5) is 7.83. The molecule has 2 atom stereocenters. The van der Waals surface area contributed by atoms with Gasteiger partial charge in [-0.1, -0.05) is 0 Å². The van der Waals surface area contributed by atoms with E-state index in [1.807, 2.05) is 13.0 Å². The lowest BCUT2D eigenvalue weighted by Gasteiger charge is -2.33. The summed E-state index contributed by atoms with van der Waals surface area (Å²) >= 11 is 0. The Kier molecular flexibility index (Phi) is 4.27. The second-order valence-corrected chi connectivity index (χ2v) is 5.92. The fourth-order valence-electron chi connectivity index (χ4n) is 3.31. The molecular weight excluding hydrogens is 268 g/mol. The van der Waals surface area contributed by atoms with Crippen LogP contribution < -0.4 is 0 Å². The average Bonchev–Trinajstić information content (AvgIpc) is 3.02. The maximum absolute atomic E-state index is 10.3. The van der Waals surface area contributed by atoms with Gasteiger partial charge in [0.2, 0.25) is 0 Å². The van der Waals surface area contributed by atoms with Crippen molar-refractivity contribution in [2.24, 2.45) is 0 Å². The minimum absolute atomic E-state index is 0.195. The Balaban J connectivity index is 1.61. The number of β-amino-alcohol motifs (C(OH)–C–C–N with tert-alkyl or cyclic N) is 1. The predicted octanol–water partition coefficient (Wildman–Crippen LogP) is 0.0721. The number of hydrogen-bond donors (Lipinski definition) is 2. The van der Waals surface area contributed by atoms with Crippen molar-refractivity contribution >= 4 is 0 Å². The molecule has 2 fully saturated rings. The molecule has 0 aromatic carbocycles. The van der Waals surface area contributed by atoms with Gasteiger partial charge in [0.1, 0.15) is 6.07 Å². The second kappa shape index (κ2) is 6.16. The molecule has 0 bridgehead atoms. The van der Waals surface area contributed by atoms with Gasteiger partial charge in [0.15, 0.2) is 0 Å². The maximum Gasteiger partial charge on any atom is 0.101 e. The van der Waals surface area contributed by atoms with Crippen LogP contribution in [0.5, 0.6) is 0 Å². The van der Waals surface area contributed by atoms with Crippen molar-refractivity contribution in [3.8, 4) is 6.07 Å². The van der Waals surface area contributed by atoms with Crippen LogP contribution in [-0.2, 0) is 11.3 Å². The summed E-state index contributed by atoms with van der Waals surface area (Å²) < 4.78 is 5.37. The average molecular weight is 290 g/mol. The molecule has 1 aromatic rings. The highest BCUT2D eigenvalue weighted by molar-refractivity contribution is 5.35. The zero-order valence-corrected chi connectivity index (χ0v) is 12.4. The van der Waals surface area contributed by atoms with Crippen molar-refractivity contribution in [1.82, 2.24) is 14.8 Å². The third-order valence-electron chi connectivity index (χ3n) is 4.43. The lowest BCUT2D eigenvalue weighted by molar-refractivity contribution is -0.00618. The number of hydrogen-bond acceptors (Lipinski definition) is 5. The van der Waals surface area contributed by atoms with E-state index in [9.17, 15) is 5.11 Å². The van der Waals surface area contributed by atoms with E-state index in [-0.39, 0.29) is 12.1 Å². The number of rotatable bonds is 3. The molecule has 0 aliphatic carbocycles. The fourth-order valence-corrected chi connectivity index (χ4v) is 3.31. The van der Waals surface area contributed by atoms with E-state index in [0.29, 0.717) is 12.1 Å². The highest BCUT2D eigenvalue weighted by atomic mass is 16.5. The molecular formula is C15H22N4O2. The SMILES string of the molecule is Cc1[nH]c(CN2C[C@H](O)[C@@H](N3CCOCC3)C2)cc1C#N. The van der Waals surface area contributed by atoms with E-state index in [0.717, 1.165) is 50.8 Å². The Hall–Kier alpha value is -1.39. The van der Waals surface area contributed by atoms with Crippen LogP contribution >= 0.6 is 0 Å². The standard InChI is InChI=1S/C15H22N4O2/c1-11-12(7-16)6-13(17-11)8-18-9-14(15(20)10-18)19-2-4-21-5-3-19/h6,14-15,17,20H,2-5,8-10H2,1H3/t14-,15-/m0/s1. The number of likely N-dealkylation sites (tertiary alicyclic amines) is 1. The van der Waals surface area contributed by atoms with Crippen LogP contribution in [0, 0.1) is 18.3 Å². The molecule has 2 N–H and O–H groups in total. The number of nitrogens with zero attached hydrogens (tertiary/aromatic N) is 3. The third-order valence-corrected chi connectivity index (χ3v) is 4.43. The van der Waals surface area contributed by atoms with Gasteiger partial charge in [-0.15, -0.1) is 0 Å². The molecule has 21 heavy (non-hydrogen) atoms. The summed E-state index contributed by atoms with van der Waals surface area (Å²) in [6.45, 7) is 7.52. The number of morpholine rings is 1.